The first-order valence-corrected chi connectivity index (χ1v) is 4.74. The van der Waals surface area contributed by atoms with Crippen LogP contribution in [-0.4, -0.2) is 19.3 Å². The maximum atomic E-state index is 12.9. The lowest BCUT2D eigenvalue weighted by atomic mass is 9.89. The van der Waals surface area contributed by atoms with E-state index in [9.17, 15) is 18.0 Å². The number of esters is 1. The average molecular weight is 247 g/mol. The van der Waals surface area contributed by atoms with E-state index in [1.54, 1.807) is 13.0 Å². The molecular weight excluding hydrogens is 235 g/mol. The highest BCUT2D eigenvalue weighted by atomic mass is 19.4. The van der Waals surface area contributed by atoms with Crippen molar-refractivity contribution >= 4 is 5.97 Å². The van der Waals surface area contributed by atoms with Crippen molar-refractivity contribution in [2.75, 3.05) is 7.11 Å². The number of carbonyl (C=O) groups excluding carboxylic acids is 1. The first-order chi connectivity index (χ1) is 7.73. The van der Waals surface area contributed by atoms with Gasteiger partial charge in [-0.3, -0.25) is 0 Å². The van der Waals surface area contributed by atoms with Crippen LogP contribution in [0.5, 0.6) is 0 Å². The molecule has 17 heavy (non-hydrogen) atoms. The molecule has 0 aliphatic heterocycles. The third-order valence-electron chi connectivity index (χ3n) is 2.43. The Morgan fingerprint density at radius 3 is 2.35 bits per heavy atom. The topological polar surface area (TPSA) is 52.3 Å². The number of methoxy groups -OCH3 is 1. The summed E-state index contributed by atoms with van der Waals surface area (Å²) >= 11 is 0. The summed E-state index contributed by atoms with van der Waals surface area (Å²) in [5.41, 5.74) is 2.33. The van der Waals surface area contributed by atoms with Gasteiger partial charge in [0, 0.05) is 0 Å². The molecule has 0 bridgehead atoms. The van der Waals surface area contributed by atoms with Crippen LogP contribution in [0.25, 0.3) is 0 Å². The van der Waals surface area contributed by atoms with Crippen LogP contribution in [0.15, 0.2) is 24.3 Å². The second-order valence-corrected chi connectivity index (χ2v) is 3.67. The lowest BCUT2D eigenvalue weighted by molar-refractivity contribution is -0.206. The summed E-state index contributed by atoms with van der Waals surface area (Å²) in [7, 11) is 0.867. The predicted molar refractivity (Wildman–Crippen MR) is 55.1 cm³/mol. The van der Waals surface area contributed by atoms with Gasteiger partial charge in [-0.15, -0.1) is 0 Å². The summed E-state index contributed by atoms with van der Waals surface area (Å²) in [6.45, 7) is 1.61. The van der Waals surface area contributed by atoms with Crippen LogP contribution >= 0.6 is 0 Å². The maximum Gasteiger partial charge on any atom is 0.421 e. The first kappa shape index (κ1) is 13.5. The van der Waals surface area contributed by atoms with Crippen LogP contribution in [0.2, 0.25) is 0 Å². The van der Waals surface area contributed by atoms with Gasteiger partial charge in [0.25, 0.3) is 0 Å². The van der Waals surface area contributed by atoms with E-state index in [1.165, 1.54) is 12.1 Å². The maximum absolute atomic E-state index is 12.9. The number of benzene rings is 1. The van der Waals surface area contributed by atoms with Crippen molar-refractivity contribution < 1.29 is 22.7 Å². The van der Waals surface area contributed by atoms with Gasteiger partial charge in [0.2, 0.25) is 5.54 Å². The molecule has 1 aromatic rings. The zero-order valence-electron chi connectivity index (χ0n) is 9.34. The highest BCUT2D eigenvalue weighted by Gasteiger charge is 2.60. The Kier molecular flexibility index (Phi) is 3.47. The number of nitrogens with two attached hydrogens (primary N) is 1. The summed E-state index contributed by atoms with van der Waals surface area (Å²) in [4.78, 5) is 11.3. The average Bonchev–Trinajstić information content (AvgIpc) is 2.25. The fourth-order valence-electron chi connectivity index (χ4n) is 1.45. The zero-order valence-corrected chi connectivity index (χ0v) is 9.34. The molecule has 1 unspecified atom stereocenters. The molecule has 0 aromatic heterocycles. The Bertz CT molecular complexity index is 431. The lowest BCUT2D eigenvalue weighted by Gasteiger charge is -2.29. The number of aryl methyl sites for hydroxylation is 1. The van der Waals surface area contributed by atoms with Crippen LogP contribution in [0.4, 0.5) is 13.2 Å². The molecule has 0 aliphatic rings. The Balaban J connectivity index is 3.40. The van der Waals surface area contributed by atoms with Crippen molar-refractivity contribution in [2.24, 2.45) is 5.73 Å². The van der Waals surface area contributed by atoms with Crippen LogP contribution in [0, 0.1) is 6.92 Å². The number of hydrogen-bond acceptors (Lipinski definition) is 3. The van der Waals surface area contributed by atoms with E-state index in [4.69, 9.17) is 5.73 Å². The van der Waals surface area contributed by atoms with Crippen molar-refractivity contribution in [3.05, 3.63) is 35.4 Å². The van der Waals surface area contributed by atoms with E-state index in [2.05, 4.69) is 4.74 Å². The van der Waals surface area contributed by atoms with Crippen molar-refractivity contribution in [1.82, 2.24) is 0 Å². The molecule has 0 saturated carbocycles. The smallest absolute Gasteiger partial charge is 0.421 e. The molecule has 0 saturated heterocycles. The highest BCUT2D eigenvalue weighted by Crippen LogP contribution is 2.37. The minimum Gasteiger partial charge on any atom is -0.467 e. The van der Waals surface area contributed by atoms with E-state index in [1.807, 2.05) is 0 Å². The fourth-order valence-corrected chi connectivity index (χ4v) is 1.45. The molecule has 1 aromatic carbocycles. The van der Waals surface area contributed by atoms with Crippen molar-refractivity contribution in [3.63, 3.8) is 0 Å². The van der Waals surface area contributed by atoms with Crippen molar-refractivity contribution in [3.8, 4) is 0 Å². The molecule has 0 heterocycles. The molecule has 0 fully saturated rings. The monoisotopic (exact) mass is 247 g/mol. The first-order valence-electron chi connectivity index (χ1n) is 4.74. The normalized spacial score (nSPS) is 15.2. The summed E-state index contributed by atoms with van der Waals surface area (Å²) < 4.78 is 43.0. The molecule has 0 amide bonds. The van der Waals surface area contributed by atoms with E-state index in [0.29, 0.717) is 5.56 Å². The molecule has 0 spiro atoms. The van der Waals surface area contributed by atoms with Gasteiger partial charge in [-0.2, -0.15) is 13.2 Å². The van der Waals surface area contributed by atoms with Gasteiger partial charge >= 0.3 is 12.1 Å². The fraction of sp³-hybridized carbons (Fsp3) is 0.364. The van der Waals surface area contributed by atoms with Gasteiger partial charge in [0.1, 0.15) is 0 Å². The molecule has 1 atom stereocenters. The number of halogens is 3. The van der Waals surface area contributed by atoms with E-state index in [0.717, 1.165) is 13.2 Å². The summed E-state index contributed by atoms with van der Waals surface area (Å²) in [6.07, 6.45) is -4.92. The second-order valence-electron chi connectivity index (χ2n) is 3.67. The van der Waals surface area contributed by atoms with Gasteiger partial charge in [0.05, 0.1) is 7.11 Å². The molecular formula is C11H12F3NO2. The molecule has 2 N–H and O–H groups in total. The molecule has 0 radical (unpaired) electrons. The SMILES string of the molecule is COC(=O)C(N)(c1cccc(C)c1)C(F)(F)F. The molecule has 0 aliphatic carbocycles. The van der Waals surface area contributed by atoms with Crippen LogP contribution in [0.1, 0.15) is 11.1 Å². The molecule has 1 rings (SSSR count). The Morgan fingerprint density at radius 1 is 1.35 bits per heavy atom. The molecule has 6 heteroatoms. The second kappa shape index (κ2) is 4.37. The largest absolute Gasteiger partial charge is 0.467 e. The number of rotatable bonds is 2. The van der Waals surface area contributed by atoms with Gasteiger partial charge in [-0.05, 0) is 12.5 Å². The minimum atomic E-state index is -4.92. The third kappa shape index (κ3) is 2.26. The number of carbonyl (C=O) groups is 1. The molecule has 3 nitrogen and oxygen atoms in total. The van der Waals surface area contributed by atoms with Gasteiger partial charge < -0.3 is 10.5 Å². The Morgan fingerprint density at radius 2 is 1.94 bits per heavy atom. The quantitative estimate of drug-likeness (QED) is 0.812. The van der Waals surface area contributed by atoms with Crippen LogP contribution in [-0.2, 0) is 15.1 Å². The zero-order chi connectivity index (χ0) is 13.3. The third-order valence-corrected chi connectivity index (χ3v) is 2.43. The molecule has 94 valence electrons. The van der Waals surface area contributed by atoms with Crippen molar-refractivity contribution in [1.29, 1.82) is 0 Å². The van der Waals surface area contributed by atoms with E-state index in [-0.39, 0.29) is 5.56 Å². The van der Waals surface area contributed by atoms with Gasteiger partial charge in [-0.1, -0.05) is 29.8 Å². The predicted octanol–water partition coefficient (Wildman–Crippen LogP) is 1.88. The summed E-state index contributed by atoms with van der Waals surface area (Å²) in [5, 5.41) is 0. The van der Waals surface area contributed by atoms with Gasteiger partial charge in [0.15, 0.2) is 0 Å². The highest BCUT2D eigenvalue weighted by molar-refractivity contribution is 5.83. The number of alkyl halides is 3. The number of ether oxygens (including phenoxy) is 1. The van der Waals surface area contributed by atoms with Crippen LogP contribution < -0.4 is 5.73 Å². The Labute approximate surface area is 96.4 Å². The lowest BCUT2D eigenvalue weighted by Crippen LogP contribution is -2.57. The van der Waals surface area contributed by atoms with Crippen LogP contribution in [0.3, 0.4) is 0 Å². The summed E-state index contributed by atoms with van der Waals surface area (Å²) in [5.74, 6) is -1.53. The Hall–Kier alpha value is -1.56. The minimum absolute atomic E-state index is 0.336. The number of hydrogen-bond donors (Lipinski definition) is 1. The van der Waals surface area contributed by atoms with E-state index < -0.39 is 17.7 Å². The standard InChI is InChI=1S/C11H12F3NO2/c1-7-4-3-5-8(6-7)10(15,9(16)17-2)11(12,13)14/h3-6H,15H2,1-2H3. The summed E-state index contributed by atoms with van der Waals surface area (Å²) in [6, 6.07) is 5.38. The van der Waals surface area contributed by atoms with Gasteiger partial charge in [-0.25, -0.2) is 4.79 Å². The van der Waals surface area contributed by atoms with Crippen molar-refractivity contribution in [2.45, 2.75) is 18.6 Å². The van der Waals surface area contributed by atoms with E-state index >= 15 is 0 Å².